The van der Waals surface area contributed by atoms with Gasteiger partial charge >= 0.3 is 5.97 Å². The molecule has 0 bridgehead atoms. The molecule has 1 unspecified atom stereocenters. The van der Waals surface area contributed by atoms with Crippen LogP contribution >= 0.6 is 0 Å². The molecule has 0 aliphatic rings. The molecule has 112 valence electrons. The van der Waals surface area contributed by atoms with Crippen molar-refractivity contribution in [3.8, 4) is 0 Å². The molecule has 0 aromatic heterocycles. The molecule has 5 nitrogen and oxygen atoms in total. The molecule has 20 heavy (non-hydrogen) atoms. The second-order valence-electron chi connectivity index (χ2n) is 5.10. The van der Waals surface area contributed by atoms with Crippen molar-refractivity contribution in [2.75, 3.05) is 0 Å². The van der Waals surface area contributed by atoms with Gasteiger partial charge in [0.25, 0.3) is 0 Å². The summed E-state index contributed by atoms with van der Waals surface area (Å²) in [5.74, 6) is -2.00. The Morgan fingerprint density at radius 3 is 2.45 bits per heavy atom. The van der Waals surface area contributed by atoms with Gasteiger partial charge in [-0.15, -0.1) is 0 Å². The zero-order chi connectivity index (χ0) is 15.5. The predicted molar refractivity (Wildman–Crippen MR) is 72.6 cm³/mol. The third-order valence-corrected chi connectivity index (χ3v) is 4.25. The number of halogens is 1. The highest BCUT2D eigenvalue weighted by atomic mass is 32.2. The number of hydrogen-bond donors (Lipinski definition) is 2. The fourth-order valence-electron chi connectivity index (χ4n) is 1.93. The van der Waals surface area contributed by atoms with Gasteiger partial charge in [-0.1, -0.05) is 13.8 Å². The van der Waals surface area contributed by atoms with E-state index in [1.807, 2.05) is 13.8 Å². The van der Waals surface area contributed by atoms with Crippen LogP contribution in [0.25, 0.3) is 0 Å². The molecule has 7 heteroatoms. The van der Waals surface area contributed by atoms with Crippen molar-refractivity contribution in [3.63, 3.8) is 0 Å². The SMILES string of the molecule is CC(C)CC(C)NS(=O)(=O)c1cc(C(=O)O)ccc1F. The molecule has 0 amide bonds. The second-order valence-corrected chi connectivity index (χ2v) is 6.78. The van der Waals surface area contributed by atoms with E-state index in [1.165, 1.54) is 0 Å². The van der Waals surface area contributed by atoms with Crippen LogP contribution in [-0.2, 0) is 10.0 Å². The monoisotopic (exact) mass is 303 g/mol. The van der Waals surface area contributed by atoms with Gasteiger partial charge in [-0.05, 0) is 37.5 Å². The fourth-order valence-corrected chi connectivity index (χ4v) is 3.29. The molecular formula is C13H18FNO4S. The number of carboxylic acids is 1. The van der Waals surface area contributed by atoms with Gasteiger partial charge in [-0.3, -0.25) is 0 Å². The van der Waals surface area contributed by atoms with Crippen molar-refractivity contribution in [3.05, 3.63) is 29.6 Å². The number of carbonyl (C=O) groups is 1. The predicted octanol–water partition coefficient (Wildman–Crippen LogP) is 2.24. The van der Waals surface area contributed by atoms with Gasteiger partial charge in [0.2, 0.25) is 10.0 Å². The van der Waals surface area contributed by atoms with Crippen molar-refractivity contribution < 1.29 is 22.7 Å². The highest BCUT2D eigenvalue weighted by Gasteiger charge is 2.23. The van der Waals surface area contributed by atoms with Gasteiger partial charge in [-0.25, -0.2) is 22.3 Å². The smallest absolute Gasteiger partial charge is 0.335 e. The molecule has 1 rings (SSSR count). The summed E-state index contributed by atoms with van der Waals surface area (Å²) in [7, 11) is -4.08. The van der Waals surface area contributed by atoms with Crippen LogP contribution in [-0.4, -0.2) is 25.5 Å². The number of hydrogen-bond acceptors (Lipinski definition) is 3. The summed E-state index contributed by atoms with van der Waals surface area (Å²) < 4.78 is 40.1. The van der Waals surface area contributed by atoms with Crippen LogP contribution in [0.2, 0.25) is 0 Å². The zero-order valence-electron chi connectivity index (χ0n) is 11.6. The highest BCUT2D eigenvalue weighted by Crippen LogP contribution is 2.18. The first-order valence-corrected chi connectivity index (χ1v) is 7.67. The molecule has 0 heterocycles. The standard InChI is InChI=1S/C13H18FNO4S/c1-8(2)6-9(3)15-20(18,19)12-7-10(13(16)17)4-5-11(12)14/h4-5,7-9,15H,6H2,1-3H3,(H,16,17). The summed E-state index contributed by atoms with van der Waals surface area (Å²) in [6.07, 6.45) is 0.597. The molecule has 1 aromatic carbocycles. The molecule has 0 aliphatic carbocycles. The molecule has 0 saturated carbocycles. The largest absolute Gasteiger partial charge is 0.478 e. The molecule has 0 aliphatic heterocycles. The molecule has 0 fully saturated rings. The van der Waals surface area contributed by atoms with Gasteiger partial charge in [0.1, 0.15) is 10.7 Å². The summed E-state index contributed by atoms with van der Waals surface area (Å²) in [5.41, 5.74) is -0.275. The Kier molecular flexibility index (Phi) is 5.24. The third kappa shape index (κ3) is 4.28. The summed E-state index contributed by atoms with van der Waals surface area (Å²) in [4.78, 5) is 10.2. The molecule has 0 spiro atoms. The number of aromatic carboxylic acids is 1. The Morgan fingerprint density at radius 2 is 1.95 bits per heavy atom. The summed E-state index contributed by atoms with van der Waals surface area (Å²) in [6, 6.07) is 2.31. The number of nitrogens with one attached hydrogen (secondary N) is 1. The maximum Gasteiger partial charge on any atom is 0.335 e. The van der Waals surface area contributed by atoms with Crippen molar-refractivity contribution in [1.82, 2.24) is 4.72 Å². The van der Waals surface area contributed by atoms with Crippen molar-refractivity contribution >= 4 is 16.0 Å². The molecule has 0 saturated heterocycles. The lowest BCUT2D eigenvalue weighted by Crippen LogP contribution is -2.34. The summed E-state index contributed by atoms with van der Waals surface area (Å²) in [5, 5.41) is 8.83. The van der Waals surface area contributed by atoms with Gasteiger partial charge in [0.15, 0.2) is 0 Å². The lowest BCUT2D eigenvalue weighted by Gasteiger charge is -2.16. The van der Waals surface area contributed by atoms with Crippen LogP contribution in [0.5, 0.6) is 0 Å². The van der Waals surface area contributed by atoms with E-state index < -0.39 is 26.7 Å². The van der Waals surface area contributed by atoms with Crippen LogP contribution in [0.15, 0.2) is 23.1 Å². The minimum Gasteiger partial charge on any atom is -0.478 e. The quantitative estimate of drug-likeness (QED) is 0.844. The first kappa shape index (κ1) is 16.6. The number of carboxylic acid groups (broad SMARTS) is 1. The lowest BCUT2D eigenvalue weighted by atomic mass is 10.1. The van der Waals surface area contributed by atoms with E-state index in [1.54, 1.807) is 6.92 Å². The number of sulfonamides is 1. The molecule has 1 atom stereocenters. The van der Waals surface area contributed by atoms with E-state index in [4.69, 9.17) is 5.11 Å². The van der Waals surface area contributed by atoms with E-state index in [0.717, 1.165) is 18.2 Å². The van der Waals surface area contributed by atoms with Crippen LogP contribution in [0, 0.1) is 11.7 Å². The third-order valence-electron chi connectivity index (χ3n) is 2.65. The first-order valence-electron chi connectivity index (χ1n) is 6.18. The second kappa shape index (κ2) is 6.32. The summed E-state index contributed by atoms with van der Waals surface area (Å²) in [6.45, 7) is 5.56. The Labute approximate surface area is 117 Å². The maximum atomic E-state index is 13.6. The van der Waals surface area contributed by atoms with Crippen LogP contribution < -0.4 is 4.72 Å². The van der Waals surface area contributed by atoms with Crippen molar-refractivity contribution in [2.45, 2.75) is 38.1 Å². The Balaban J connectivity index is 3.09. The first-order chi connectivity index (χ1) is 9.13. The summed E-state index contributed by atoms with van der Waals surface area (Å²) >= 11 is 0. The van der Waals surface area contributed by atoms with E-state index in [2.05, 4.69) is 4.72 Å². The van der Waals surface area contributed by atoms with Gasteiger partial charge < -0.3 is 5.11 Å². The Bertz CT molecular complexity index is 598. The van der Waals surface area contributed by atoms with Gasteiger partial charge in [0.05, 0.1) is 5.56 Å². The molecular weight excluding hydrogens is 285 g/mol. The minimum atomic E-state index is -4.08. The van der Waals surface area contributed by atoms with E-state index in [-0.39, 0.29) is 17.5 Å². The molecule has 2 N–H and O–H groups in total. The average molecular weight is 303 g/mol. The minimum absolute atomic E-state index is 0.275. The number of benzene rings is 1. The van der Waals surface area contributed by atoms with Crippen LogP contribution in [0.1, 0.15) is 37.6 Å². The topological polar surface area (TPSA) is 83.5 Å². The molecule has 1 aromatic rings. The zero-order valence-corrected chi connectivity index (χ0v) is 12.4. The fraction of sp³-hybridized carbons (Fsp3) is 0.462. The van der Waals surface area contributed by atoms with E-state index >= 15 is 0 Å². The Morgan fingerprint density at radius 1 is 1.35 bits per heavy atom. The average Bonchev–Trinajstić information content (AvgIpc) is 2.26. The molecule has 0 radical (unpaired) electrons. The van der Waals surface area contributed by atoms with Gasteiger partial charge in [0, 0.05) is 6.04 Å². The van der Waals surface area contributed by atoms with Crippen molar-refractivity contribution in [1.29, 1.82) is 0 Å². The normalized spacial score (nSPS) is 13.4. The maximum absolute atomic E-state index is 13.6. The number of rotatable bonds is 6. The van der Waals surface area contributed by atoms with Crippen LogP contribution in [0.4, 0.5) is 4.39 Å². The Hall–Kier alpha value is -1.47. The van der Waals surface area contributed by atoms with Gasteiger partial charge in [-0.2, -0.15) is 0 Å². The van der Waals surface area contributed by atoms with E-state index in [0.29, 0.717) is 6.42 Å². The highest BCUT2D eigenvalue weighted by molar-refractivity contribution is 7.89. The van der Waals surface area contributed by atoms with E-state index in [9.17, 15) is 17.6 Å². The van der Waals surface area contributed by atoms with Crippen molar-refractivity contribution in [2.24, 2.45) is 5.92 Å². The lowest BCUT2D eigenvalue weighted by molar-refractivity contribution is 0.0696. The van der Waals surface area contributed by atoms with Crippen LogP contribution in [0.3, 0.4) is 0 Å².